The van der Waals surface area contributed by atoms with E-state index in [1.54, 1.807) is 19.1 Å². The largest absolute Gasteiger partial charge is 0.479 e. The summed E-state index contributed by atoms with van der Waals surface area (Å²) in [5, 5.41) is 12.0. The van der Waals surface area contributed by atoms with Crippen LogP contribution in [0.1, 0.15) is 38.7 Å². The second-order valence-corrected chi connectivity index (χ2v) is 6.51. The molecule has 0 spiro atoms. The number of nitrogens with one attached hydrogen (secondary N) is 1. The Morgan fingerprint density at radius 2 is 1.95 bits per heavy atom. The molecular formula is C15H21Br2NO3. The number of ether oxygens (including phenoxy) is 1. The maximum absolute atomic E-state index is 11.9. The smallest absolute Gasteiger partial charge is 0.260 e. The number of aliphatic hydroxyl groups excluding tert-OH is 1. The quantitative estimate of drug-likeness (QED) is 0.626. The van der Waals surface area contributed by atoms with E-state index in [2.05, 4.69) is 44.1 Å². The lowest BCUT2D eigenvalue weighted by molar-refractivity contribution is -0.127. The van der Waals surface area contributed by atoms with Crippen molar-refractivity contribution in [1.82, 2.24) is 5.32 Å². The molecular weight excluding hydrogens is 402 g/mol. The fourth-order valence-corrected chi connectivity index (χ4v) is 3.25. The molecule has 1 amide bonds. The molecule has 1 atom stereocenters. The summed E-state index contributed by atoms with van der Waals surface area (Å²) >= 11 is 6.78. The van der Waals surface area contributed by atoms with Gasteiger partial charge in [-0.3, -0.25) is 4.79 Å². The van der Waals surface area contributed by atoms with Crippen molar-refractivity contribution in [3.63, 3.8) is 0 Å². The van der Waals surface area contributed by atoms with Crippen molar-refractivity contribution in [2.45, 2.75) is 45.8 Å². The highest BCUT2D eigenvalue weighted by Gasteiger charge is 2.18. The average molecular weight is 423 g/mol. The lowest BCUT2D eigenvalue weighted by Gasteiger charge is -2.17. The van der Waals surface area contributed by atoms with Gasteiger partial charge in [0.25, 0.3) is 5.91 Å². The number of aliphatic hydroxyl groups is 1. The standard InChI is InChI=1S/C15H21Br2NO3/c1-3-4-5-6-18-15(20)10(2)21-14-12(16)7-11(9-19)8-13(14)17/h7-8,10,19H,3-6,9H2,1-2H3,(H,18,20). The Kier molecular flexibility index (Phi) is 8.29. The van der Waals surface area contributed by atoms with Crippen molar-refractivity contribution in [3.05, 3.63) is 26.6 Å². The molecule has 1 rings (SSSR count). The summed E-state index contributed by atoms with van der Waals surface area (Å²) < 4.78 is 7.11. The Balaban J connectivity index is 2.62. The number of carbonyl (C=O) groups excluding carboxylic acids is 1. The van der Waals surface area contributed by atoms with E-state index < -0.39 is 6.10 Å². The number of halogens is 2. The number of unbranched alkanes of at least 4 members (excludes halogenated alkanes) is 2. The van der Waals surface area contributed by atoms with Crippen LogP contribution in [0.25, 0.3) is 0 Å². The van der Waals surface area contributed by atoms with Crippen molar-refractivity contribution in [3.8, 4) is 5.75 Å². The second kappa shape index (κ2) is 9.43. The highest BCUT2D eigenvalue weighted by atomic mass is 79.9. The van der Waals surface area contributed by atoms with Gasteiger partial charge in [0.2, 0.25) is 0 Å². The molecule has 0 aliphatic rings. The van der Waals surface area contributed by atoms with E-state index in [4.69, 9.17) is 9.84 Å². The molecule has 1 aromatic carbocycles. The van der Waals surface area contributed by atoms with Crippen LogP contribution >= 0.6 is 31.9 Å². The third-order valence-electron chi connectivity index (χ3n) is 2.98. The summed E-state index contributed by atoms with van der Waals surface area (Å²) in [4.78, 5) is 11.9. The third-order valence-corrected chi connectivity index (χ3v) is 4.16. The Morgan fingerprint density at radius 1 is 1.33 bits per heavy atom. The maximum Gasteiger partial charge on any atom is 0.260 e. The number of rotatable bonds is 8. The molecule has 6 heteroatoms. The number of carbonyl (C=O) groups is 1. The molecule has 21 heavy (non-hydrogen) atoms. The van der Waals surface area contributed by atoms with Gasteiger partial charge in [-0.05, 0) is 62.9 Å². The van der Waals surface area contributed by atoms with Crippen LogP contribution in [0.3, 0.4) is 0 Å². The highest BCUT2D eigenvalue weighted by molar-refractivity contribution is 9.11. The zero-order chi connectivity index (χ0) is 15.8. The third kappa shape index (κ3) is 5.96. The predicted molar refractivity (Wildman–Crippen MR) is 90.4 cm³/mol. The van der Waals surface area contributed by atoms with Crippen LogP contribution in [0.15, 0.2) is 21.1 Å². The van der Waals surface area contributed by atoms with E-state index in [-0.39, 0.29) is 12.5 Å². The van der Waals surface area contributed by atoms with Gasteiger partial charge in [-0.25, -0.2) is 0 Å². The van der Waals surface area contributed by atoms with Gasteiger partial charge in [-0.2, -0.15) is 0 Å². The Labute approximate surface area is 142 Å². The van der Waals surface area contributed by atoms with Gasteiger partial charge >= 0.3 is 0 Å². The summed E-state index contributed by atoms with van der Waals surface area (Å²) in [6.07, 6.45) is 2.63. The molecule has 0 aliphatic heterocycles. The van der Waals surface area contributed by atoms with Crippen molar-refractivity contribution in [1.29, 1.82) is 0 Å². The van der Waals surface area contributed by atoms with Gasteiger partial charge in [0.15, 0.2) is 6.10 Å². The summed E-state index contributed by atoms with van der Waals surface area (Å²) in [5.74, 6) is 0.430. The maximum atomic E-state index is 11.9. The lowest BCUT2D eigenvalue weighted by atomic mass is 10.2. The van der Waals surface area contributed by atoms with Crippen LogP contribution in [0.2, 0.25) is 0 Å². The lowest BCUT2D eigenvalue weighted by Crippen LogP contribution is -2.36. The van der Waals surface area contributed by atoms with E-state index in [1.165, 1.54) is 0 Å². The predicted octanol–water partition coefficient (Wildman–Crippen LogP) is 3.78. The summed E-state index contributed by atoms with van der Waals surface area (Å²) in [5.41, 5.74) is 0.762. The molecule has 1 aromatic rings. The molecule has 0 aromatic heterocycles. The minimum atomic E-state index is -0.584. The van der Waals surface area contributed by atoms with E-state index in [1.807, 2.05) is 0 Å². The second-order valence-electron chi connectivity index (χ2n) is 4.80. The summed E-state index contributed by atoms with van der Waals surface area (Å²) in [7, 11) is 0. The number of benzene rings is 1. The first-order valence-corrected chi connectivity index (χ1v) is 8.61. The minimum absolute atomic E-state index is 0.0506. The van der Waals surface area contributed by atoms with Crippen LogP contribution < -0.4 is 10.1 Å². The van der Waals surface area contributed by atoms with E-state index in [0.29, 0.717) is 21.2 Å². The zero-order valence-corrected chi connectivity index (χ0v) is 15.5. The SMILES string of the molecule is CCCCCNC(=O)C(C)Oc1c(Br)cc(CO)cc1Br. The van der Waals surface area contributed by atoms with E-state index in [9.17, 15) is 4.79 Å². The molecule has 1 unspecified atom stereocenters. The molecule has 0 bridgehead atoms. The summed E-state index contributed by atoms with van der Waals surface area (Å²) in [6.45, 7) is 4.46. The molecule has 4 nitrogen and oxygen atoms in total. The molecule has 0 heterocycles. The minimum Gasteiger partial charge on any atom is -0.479 e. The van der Waals surface area contributed by atoms with Crippen LogP contribution in [-0.4, -0.2) is 23.7 Å². The molecule has 118 valence electrons. The first kappa shape index (κ1) is 18.5. The van der Waals surface area contributed by atoms with Gasteiger partial charge in [0.1, 0.15) is 5.75 Å². The number of hydrogen-bond donors (Lipinski definition) is 2. The molecule has 0 aliphatic carbocycles. The van der Waals surface area contributed by atoms with Gasteiger partial charge in [0, 0.05) is 6.54 Å². The molecule has 0 radical (unpaired) electrons. The monoisotopic (exact) mass is 421 g/mol. The van der Waals surface area contributed by atoms with Crippen molar-refractivity contribution in [2.24, 2.45) is 0 Å². The van der Waals surface area contributed by atoms with Crippen LogP contribution in [0, 0.1) is 0 Å². The van der Waals surface area contributed by atoms with E-state index in [0.717, 1.165) is 24.8 Å². The topological polar surface area (TPSA) is 58.6 Å². The van der Waals surface area contributed by atoms with Crippen LogP contribution in [-0.2, 0) is 11.4 Å². The first-order valence-electron chi connectivity index (χ1n) is 7.02. The van der Waals surface area contributed by atoms with Gasteiger partial charge in [-0.15, -0.1) is 0 Å². The highest BCUT2D eigenvalue weighted by Crippen LogP contribution is 2.35. The van der Waals surface area contributed by atoms with E-state index >= 15 is 0 Å². The van der Waals surface area contributed by atoms with Gasteiger partial charge in [0.05, 0.1) is 15.6 Å². The molecule has 0 fully saturated rings. The molecule has 0 saturated heterocycles. The fraction of sp³-hybridized carbons (Fsp3) is 0.533. The Morgan fingerprint density at radius 3 is 2.48 bits per heavy atom. The van der Waals surface area contributed by atoms with Gasteiger partial charge in [-0.1, -0.05) is 19.8 Å². The van der Waals surface area contributed by atoms with Crippen LogP contribution in [0.5, 0.6) is 5.75 Å². The van der Waals surface area contributed by atoms with Crippen molar-refractivity contribution < 1.29 is 14.6 Å². The first-order chi connectivity index (χ1) is 9.99. The number of hydrogen-bond acceptors (Lipinski definition) is 3. The van der Waals surface area contributed by atoms with Crippen LogP contribution in [0.4, 0.5) is 0 Å². The zero-order valence-electron chi connectivity index (χ0n) is 12.3. The average Bonchev–Trinajstić information content (AvgIpc) is 2.46. The van der Waals surface area contributed by atoms with Crippen molar-refractivity contribution in [2.75, 3.05) is 6.54 Å². The number of amides is 1. The fourth-order valence-electron chi connectivity index (χ4n) is 1.78. The van der Waals surface area contributed by atoms with Gasteiger partial charge < -0.3 is 15.2 Å². The Hall–Kier alpha value is -0.590. The summed E-state index contributed by atoms with van der Waals surface area (Å²) in [6, 6.07) is 3.54. The molecule has 0 saturated carbocycles. The molecule has 2 N–H and O–H groups in total. The normalized spacial score (nSPS) is 12.0. The Bertz CT molecular complexity index is 457. The van der Waals surface area contributed by atoms with Crippen molar-refractivity contribution >= 4 is 37.8 Å².